The lowest BCUT2D eigenvalue weighted by atomic mass is 10.1. The fraction of sp³-hybridized carbons (Fsp3) is 0.467. The van der Waals surface area contributed by atoms with Crippen molar-refractivity contribution in [3.05, 3.63) is 23.8 Å². The average molecular weight is 290 g/mol. The molecule has 0 bridgehead atoms. The summed E-state index contributed by atoms with van der Waals surface area (Å²) in [5, 5.41) is 2.69. The normalized spacial score (nSPS) is 17.7. The summed E-state index contributed by atoms with van der Waals surface area (Å²) < 4.78 is 0. The van der Waals surface area contributed by atoms with Crippen LogP contribution in [0.1, 0.15) is 23.2 Å². The van der Waals surface area contributed by atoms with Crippen LogP contribution in [0.4, 0.5) is 11.4 Å². The van der Waals surface area contributed by atoms with Gasteiger partial charge in [-0.05, 0) is 31.0 Å². The standard InChI is InChI=1S/C15H22N4O2/c1-17-14(20)12-5-4-8-19(12)13-9-10(6-7-11(13)16)15(21)18(2)3/h6-7,9,12H,4-5,8,16H2,1-3H3,(H,17,20). The molecule has 0 radical (unpaired) electrons. The third-order valence-electron chi connectivity index (χ3n) is 3.79. The third kappa shape index (κ3) is 2.94. The van der Waals surface area contributed by atoms with Crippen molar-refractivity contribution in [2.45, 2.75) is 18.9 Å². The number of nitrogen functional groups attached to an aromatic ring is 1. The Hall–Kier alpha value is -2.24. The molecule has 3 N–H and O–H groups in total. The molecule has 0 saturated carbocycles. The van der Waals surface area contributed by atoms with E-state index in [1.54, 1.807) is 39.3 Å². The van der Waals surface area contributed by atoms with Gasteiger partial charge in [-0.3, -0.25) is 9.59 Å². The van der Waals surface area contributed by atoms with E-state index in [4.69, 9.17) is 5.73 Å². The molecule has 21 heavy (non-hydrogen) atoms. The van der Waals surface area contributed by atoms with Crippen LogP contribution in [-0.4, -0.2) is 50.4 Å². The predicted molar refractivity (Wildman–Crippen MR) is 83.3 cm³/mol. The van der Waals surface area contributed by atoms with Crippen molar-refractivity contribution in [1.29, 1.82) is 0 Å². The number of hydrogen-bond donors (Lipinski definition) is 2. The maximum Gasteiger partial charge on any atom is 0.253 e. The van der Waals surface area contributed by atoms with Crippen LogP contribution in [0.3, 0.4) is 0 Å². The van der Waals surface area contributed by atoms with Gasteiger partial charge in [0.15, 0.2) is 0 Å². The summed E-state index contributed by atoms with van der Waals surface area (Å²) in [4.78, 5) is 27.6. The molecular weight excluding hydrogens is 268 g/mol. The molecule has 1 aliphatic rings. The van der Waals surface area contributed by atoms with Gasteiger partial charge in [0.1, 0.15) is 6.04 Å². The quantitative estimate of drug-likeness (QED) is 0.803. The minimum absolute atomic E-state index is 0.0174. The molecule has 2 amide bonds. The Labute approximate surface area is 124 Å². The fourth-order valence-corrected chi connectivity index (χ4v) is 2.68. The largest absolute Gasteiger partial charge is 0.397 e. The van der Waals surface area contributed by atoms with Crippen LogP contribution in [0, 0.1) is 0 Å². The Bertz CT molecular complexity index is 557. The van der Waals surface area contributed by atoms with Gasteiger partial charge in [0.2, 0.25) is 5.91 Å². The van der Waals surface area contributed by atoms with Crippen LogP contribution >= 0.6 is 0 Å². The number of nitrogens with one attached hydrogen (secondary N) is 1. The lowest BCUT2D eigenvalue weighted by molar-refractivity contribution is -0.121. The lowest BCUT2D eigenvalue weighted by Gasteiger charge is -2.27. The number of hydrogen-bond acceptors (Lipinski definition) is 4. The van der Waals surface area contributed by atoms with E-state index in [2.05, 4.69) is 5.32 Å². The van der Waals surface area contributed by atoms with Crippen molar-refractivity contribution in [2.24, 2.45) is 0 Å². The summed E-state index contributed by atoms with van der Waals surface area (Å²) in [6.07, 6.45) is 1.73. The van der Waals surface area contributed by atoms with Crippen LogP contribution in [0.5, 0.6) is 0 Å². The number of likely N-dealkylation sites (N-methyl/N-ethyl adjacent to an activating group) is 1. The maximum atomic E-state index is 12.1. The number of benzene rings is 1. The van der Waals surface area contributed by atoms with Gasteiger partial charge in [-0.1, -0.05) is 0 Å². The average Bonchev–Trinajstić information content (AvgIpc) is 2.95. The number of amides is 2. The first-order valence-corrected chi connectivity index (χ1v) is 7.05. The van der Waals surface area contributed by atoms with E-state index in [-0.39, 0.29) is 17.9 Å². The zero-order valence-corrected chi connectivity index (χ0v) is 12.7. The molecule has 6 heteroatoms. The molecule has 0 spiro atoms. The molecule has 1 heterocycles. The van der Waals surface area contributed by atoms with Crippen molar-refractivity contribution in [2.75, 3.05) is 38.3 Å². The number of rotatable bonds is 3. The molecule has 114 valence electrons. The Kier molecular flexibility index (Phi) is 4.35. The van der Waals surface area contributed by atoms with Crippen LogP contribution < -0.4 is 16.0 Å². The van der Waals surface area contributed by atoms with Crippen LogP contribution in [-0.2, 0) is 4.79 Å². The van der Waals surface area contributed by atoms with Gasteiger partial charge in [-0.15, -0.1) is 0 Å². The number of nitrogens with two attached hydrogens (primary N) is 1. The SMILES string of the molecule is CNC(=O)C1CCCN1c1cc(C(=O)N(C)C)ccc1N. The highest BCUT2D eigenvalue weighted by Crippen LogP contribution is 2.31. The molecule has 1 fully saturated rings. The van der Waals surface area contributed by atoms with Crippen LogP contribution in [0.15, 0.2) is 18.2 Å². The first kappa shape index (κ1) is 15.2. The van der Waals surface area contributed by atoms with Crippen LogP contribution in [0.25, 0.3) is 0 Å². The van der Waals surface area contributed by atoms with E-state index in [9.17, 15) is 9.59 Å². The minimum Gasteiger partial charge on any atom is -0.397 e. The molecular formula is C15H22N4O2. The van der Waals surface area contributed by atoms with E-state index < -0.39 is 0 Å². The zero-order valence-electron chi connectivity index (χ0n) is 12.7. The second-order valence-electron chi connectivity index (χ2n) is 5.44. The Balaban J connectivity index is 2.36. The number of carbonyl (C=O) groups excluding carboxylic acids is 2. The predicted octanol–water partition coefficient (Wildman–Crippen LogP) is 0.685. The van der Waals surface area contributed by atoms with Gasteiger partial charge < -0.3 is 20.9 Å². The molecule has 6 nitrogen and oxygen atoms in total. The Morgan fingerprint density at radius 3 is 2.71 bits per heavy atom. The second kappa shape index (κ2) is 6.03. The summed E-state index contributed by atoms with van der Waals surface area (Å²) in [5.74, 6) is -0.0943. The molecule has 1 aromatic carbocycles. The summed E-state index contributed by atoms with van der Waals surface area (Å²) in [6.45, 7) is 0.766. The molecule has 1 unspecified atom stereocenters. The Morgan fingerprint density at radius 1 is 1.38 bits per heavy atom. The first-order chi connectivity index (χ1) is 9.95. The van der Waals surface area contributed by atoms with Gasteiger partial charge >= 0.3 is 0 Å². The molecule has 1 saturated heterocycles. The highest BCUT2D eigenvalue weighted by atomic mass is 16.2. The topological polar surface area (TPSA) is 78.7 Å². The molecule has 1 aromatic rings. The molecule has 2 rings (SSSR count). The Morgan fingerprint density at radius 2 is 2.10 bits per heavy atom. The smallest absolute Gasteiger partial charge is 0.253 e. The van der Waals surface area contributed by atoms with E-state index in [0.29, 0.717) is 11.3 Å². The van der Waals surface area contributed by atoms with E-state index >= 15 is 0 Å². The van der Waals surface area contributed by atoms with Crippen molar-refractivity contribution in [3.8, 4) is 0 Å². The summed E-state index contributed by atoms with van der Waals surface area (Å²) >= 11 is 0. The van der Waals surface area contributed by atoms with Crippen molar-refractivity contribution in [1.82, 2.24) is 10.2 Å². The van der Waals surface area contributed by atoms with Crippen LogP contribution in [0.2, 0.25) is 0 Å². The second-order valence-corrected chi connectivity index (χ2v) is 5.44. The van der Waals surface area contributed by atoms with Gasteiger partial charge in [0.25, 0.3) is 5.91 Å². The van der Waals surface area contributed by atoms with E-state index in [0.717, 1.165) is 25.1 Å². The molecule has 0 aromatic heterocycles. The maximum absolute atomic E-state index is 12.1. The van der Waals surface area contributed by atoms with E-state index in [1.807, 2.05) is 4.90 Å². The first-order valence-electron chi connectivity index (χ1n) is 7.05. The summed E-state index contributed by atoms with van der Waals surface area (Å²) in [5.41, 5.74) is 7.97. The zero-order chi connectivity index (χ0) is 15.6. The molecule has 1 atom stereocenters. The monoisotopic (exact) mass is 290 g/mol. The molecule has 0 aliphatic carbocycles. The number of carbonyl (C=O) groups is 2. The highest BCUT2D eigenvalue weighted by molar-refractivity contribution is 5.96. The minimum atomic E-state index is -0.220. The van der Waals surface area contributed by atoms with Crippen molar-refractivity contribution in [3.63, 3.8) is 0 Å². The van der Waals surface area contributed by atoms with Crippen molar-refractivity contribution < 1.29 is 9.59 Å². The van der Waals surface area contributed by atoms with Crippen molar-refractivity contribution >= 4 is 23.2 Å². The number of nitrogens with zero attached hydrogens (tertiary/aromatic N) is 2. The van der Waals surface area contributed by atoms with E-state index in [1.165, 1.54) is 4.90 Å². The van der Waals surface area contributed by atoms with Gasteiger partial charge in [0, 0.05) is 33.3 Å². The van der Waals surface area contributed by atoms with Gasteiger partial charge in [-0.2, -0.15) is 0 Å². The molecule has 1 aliphatic heterocycles. The summed E-state index contributed by atoms with van der Waals surface area (Å²) in [7, 11) is 5.05. The highest BCUT2D eigenvalue weighted by Gasteiger charge is 2.31. The fourth-order valence-electron chi connectivity index (χ4n) is 2.68. The van der Waals surface area contributed by atoms with Gasteiger partial charge in [0.05, 0.1) is 11.4 Å². The lowest BCUT2D eigenvalue weighted by Crippen LogP contribution is -2.42. The van der Waals surface area contributed by atoms with Gasteiger partial charge in [-0.25, -0.2) is 0 Å². The summed E-state index contributed by atoms with van der Waals surface area (Å²) in [6, 6.07) is 5.00. The number of anilines is 2. The third-order valence-corrected chi connectivity index (χ3v) is 3.79.